The molecule has 0 saturated heterocycles. The average molecular weight is 375 g/mol. The van der Waals surface area contributed by atoms with Gasteiger partial charge in [0.15, 0.2) is 0 Å². The number of carbonyl (C=O) groups is 2. The molecule has 2 heterocycles. The van der Waals surface area contributed by atoms with E-state index >= 15 is 0 Å². The molecule has 7 heteroatoms. The number of carbonyl (C=O) groups excluding carboxylic acids is 2. The molecule has 2 amide bonds. The first-order chi connectivity index (χ1) is 13.4. The van der Waals surface area contributed by atoms with Gasteiger partial charge in [0.05, 0.1) is 6.20 Å². The lowest BCUT2D eigenvalue weighted by Gasteiger charge is -2.15. The Labute approximate surface area is 163 Å². The van der Waals surface area contributed by atoms with Crippen LogP contribution >= 0.6 is 0 Å². The molecule has 0 aliphatic heterocycles. The van der Waals surface area contributed by atoms with E-state index in [1.807, 2.05) is 19.3 Å². The molecular weight excluding hydrogens is 354 g/mol. The summed E-state index contributed by atoms with van der Waals surface area (Å²) in [6.45, 7) is 1.50. The van der Waals surface area contributed by atoms with Crippen molar-refractivity contribution in [2.75, 3.05) is 17.3 Å². The summed E-state index contributed by atoms with van der Waals surface area (Å²) in [5.41, 5.74) is 4.13. The molecule has 3 rings (SSSR count). The zero-order chi connectivity index (χ0) is 20.1. The normalized spacial score (nSPS) is 10.8. The summed E-state index contributed by atoms with van der Waals surface area (Å²) in [6.07, 6.45) is 10.3. The minimum atomic E-state index is -0.256. The molecule has 1 N–H and O–H groups in total. The van der Waals surface area contributed by atoms with Crippen molar-refractivity contribution in [3.05, 3.63) is 66.8 Å². The monoisotopic (exact) mass is 375 g/mol. The van der Waals surface area contributed by atoms with Crippen LogP contribution < -0.4 is 10.2 Å². The number of aromatic nitrogens is 3. The van der Waals surface area contributed by atoms with Crippen LogP contribution in [0.4, 0.5) is 11.4 Å². The van der Waals surface area contributed by atoms with Crippen molar-refractivity contribution >= 4 is 29.3 Å². The van der Waals surface area contributed by atoms with Gasteiger partial charge in [-0.15, -0.1) is 0 Å². The molecule has 0 aliphatic carbocycles. The number of amides is 2. The predicted molar refractivity (Wildman–Crippen MR) is 110 cm³/mol. The molecule has 0 spiro atoms. The third kappa shape index (κ3) is 4.50. The Balaban J connectivity index is 1.70. The molecule has 0 atom stereocenters. The fraction of sp³-hybridized carbons (Fsp3) is 0.143. The molecule has 2 aromatic heterocycles. The Kier molecular flexibility index (Phi) is 5.64. The second-order valence-electron chi connectivity index (χ2n) is 6.31. The van der Waals surface area contributed by atoms with Gasteiger partial charge in [-0.3, -0.25) is 19.3 Å². The smallest absolute Gasteiger partial charge is 0.248 e. The van der Waals surface area contributed by atoms with E-state index < -0.39 is 0 Å². The van der Waals surface area contributed by atoms with E-state index in [0.29, 0.717) is 5.69 Å². The van der Waals surface area contributed by atoms with Gasteiger partial charge >= 0.3 is 0 Å². The van der Waals surface area contributed by atoms with Gasteiger partial charge < -0.3 is 10.2 Å². The van der Waals surface area contributed by atoms with Gasteiger partial charge in [-0.05, 0) is 42.0 Å². The Morgan fingerprint density at radius 2 is 1.89 bits per heavy atom. The lowest BCUT2D eigenvalue weighted by Crippen LogP contribution is -2.22. The highest BCUT2D eigenvalue weighted by atomic mass is 16.2. The van der Waals surface area contributed by atoms with E-state index in [4.69, 9.17) is 0 Å². The fourth-order valence-electron chi connectivity index (χ4n) is 2.66. The van der Waals surface area contributed by atoms with Crippen molar-refractivity contribution in [2.24, 2.45) is 7.05 Å². The highest BCUT2D eigenvalue weighted by Crippen LogP contribution is 2.23. The zero-order valence-corrected chi connectivity index (χ0v) is 16.0. The Bertz CT molecular complexity index is 1020. The van der Waals surface area contributed by atoms with E-state index in [9.17, 15) is 9.59 Å². The summed E-state index contributed by atoms with van der Waals surface area (Å²) >= 11 is 0. The van der Waals surface area contributed by atoms with E-state index in [1.165, 1.54) is 17.9 Å². The van der Waals surface area contributed by atoms with Crippen molar-refractivity contribution in [1.82, 2.24) is 14.8 Å². The van der Waals surface area contributed by atoms with Gasteiger partial charge in [0.25, 0.3) is 0 Å². The number of pyridine rings is 1. The third-order valence-electron chi connectivity index (χ3n) is 4.28. The molecule has 0 fully saturated rings. The van der Waals surface area contributed by atoms with Gasteiger partial charge in [0.2, 0.25) is 11.8 Å². The van der Waals surface area contributed by atoms with Crippen molar-refractivity contribution < 1.29 is 9.59 Å². The van der Waals surface area contributed by atoms with E-state index in [2.05, 4.69) is 15.4 Å². The van der Waals surface area contributed by atoms with Gasteiger partial charge in [0.1, 0.15) is 0 Å². The molecule has 0 saturated carbocycles. The fourth-order valence-corrected chi connectivity index (χ4v) is 2.66. The molecule has 7 nitrogen and oxygen atoms in total. The number of nitrogens with one attached hydrogen (secondary N) is 1. The number of nitrogens with zero attached hydrogens (tertiary/aromatic N) is 4. The topological polar surface area (TPSA) is 80.1 Å². The molecule has 3 aromatic rings. The predicted octanol–water partition coefficient (Wildman–Crippen LogP) is 3.12. The van der Waals surface area contributed by atoms with Crippen molar-refractivity contribution in [1.29, 1.82) is 0 Å². The molecule has 1 aromatic carbocycles. The Morgan fingerprint density at radius 3 is 2.54 bits per heavy atom. The van der Waals surface area contributed by atoms with Crippen LogP contribution in [0.3, 0.4) is 0 Å². The SMILES string of the molecule is CC(=O)N(C)c1ccc(NC(=O)/C=C/c2cnccc2-c2cnn(C)c2)cc1. The molecule has 28 heavy (non-hydrogen) atoms. The van der Waals surface area contributed by atoms with Crippen LogP contribution in [0.15, 0.2) is 61.2 Å². The minimum Gasteiger partial charge on any atom is -0.323 e. The van der Waals surface area contributed by atoms with Crippen LogP contribution in [0.5, 0.6) is 0 Å². The molecular formula is C21H21N5O2. The number of aryl methyl sites for hydroxylation is 1. The van der Waals surface area contributed by atoms with Crippen LogP contribution in [0.2, 0.25) is 0 Å². The van der Waals surface area contributed by atoms with E-state index in [0.717, 1.165) is 22.4 Å². The van der Waals surface area contributed by atoms with Crippen molar-refractivity contribution in [3.63, 3.8) is 0 Å². The van der Waals surface area contributed by atoms with Gasteiger partial charge in [-0.25, -0.2) is 0 Å². The highest BCUT2D eigenvalue weighted by Gasteiger charge is 2.07. The quantitative estimate of drug-likeness (QED) is 0.695. The van der Waals surface area contributed by atoms with Gasteiger partial charge in [-0.2, -0.15) is 5.10 Å². The van der Waals surface area contributed by atoms with Gasteiger partial charge in [0, 0.05) is 68.2 Å². The minimum absolute atomic E-state index is 0.0550. The summed E-state index contributed by atoms with van der Waals surface area (Å²) in [6, 6.07) is 8.96. The number of hydrogen-bond donors (Lipinski definition) is 1. The third-order valence-corrected chi connectivity index (χ3v) is 4.28. The van der Waals surface area contributed by atoms with E-state index in [-0.39, 0.29) is 11.8 Å². The number of benzene rings is 1. The van der Waals surface area contributed by atoms with Crippen LogP contribution in [-0.2, 0) is 16.6 Å². The average Bonchev–Trinajstić information content (AvgIpc) is 3.12. The summed E-state index contributed by atoms with van der Waals surface area (Å²) in [4.78, 5) is 29.3. The lowest BCUT2D eigenvalue weighted by molar-refractivity contribution is -0.116. The zero-order valence-electron chi connectivity index (χ0n) is 16.0. The van der Waals surface area contributed by atoms with Gasteiger partial charge in [-0.1, -0.05) is 0 Å². The number of rotatable bonds is 5. The second-order valence-corrected chi connectivity index (χ2v) is 6.31. The second kappa shape index (κ2) is 8.30. The highest BCUT2D eigenvalue weighted by molar-refractivity contribution is 6.02. The van der Waals surface area contributed by atoms with Crippen LogP contribution in [0.1, 0.15) is 12.5 Å². The Morgan fingerprint density at radius 1 is 1.14 bits per heavy atom. The maximum Gasteiger partial charge on any atom is 0.248 e. The summed E-state index contributed by atoms with van der Waals surface area (Å²) in [7, 11) is 3.56. The standard InChI is InChI=1S/C21H21N5O2/c1-15(27)26(3)19-7-5-18(6-8-19)24-21(28)9-4-16-12-22-11-10-20(16)17-13-23-25(2)14-17/h4-14H,1-3H3,(H,24,28)/b9-4+. The largest absolute Gasteiger partial charge is 0.323 e. The lowest BCUT2D eigenvalue weighted by atomic mass is 10.0. The summed E-state index contributed by atoms with van der Waals surface area (Å²) in [5.74, 6) is -0.311. The van der Waals surface area contributed by atoms with Crippen molar-refractivity contribution in [3.8, 4) is 11.1 Å². The van der Waals surface area contributed by atoms with Crippen molar-refractivity contribution in [2.45, 2.75) is 6.92 Å². The molecule has 0 unspecified atom stereocenters. The summed E-state index contributed by atoms with van der Waals surface area (Å²) < 4.78 is 1.73. The first kappa shape index (κ1) is 19.0. The maximum atomic E-state index is 12.3. The number of hydrogen-bond acceptors (Lipinski definition) is 4. The van der Waals surface area contributed by atoms with Crippen LogP contribution in [0.25, 0.3) is 17.2 Å². The molecule has 0 aliphatic rings. The maximum absolute atomic E-state index is 12.3. The first-order valence-corrected chi connectivity index (χ1v) is 8.70. The summed E-state index contributed by atoms with van der Waals surface area (Å²) in [5, 5.41) is 6.99. The van der Waals surface area contributed by atoms with Crippen LogP contribution in [-0.4, -0.2) is 33.6 Å². The number of anilines is 2. The molecule has 0 bridgehead atoms. The Hall–Kier alpha value is -3.74. The van der Waals surface area contributed by atoms with Crippen LogP contribution in [0, 0.1) is 0 Å². The van der Waals surface area contributed by atoms with E-state index in [1.54, 1.807) is 60.7 Å². The molecule has 142 valence electrons. The molecule has 0 radical (unpaired) electrons. The first-order valence-electron chi connectivity index (χ1n) is 8.70.